The molecule has 1 saturated carbocycles. The molecule has 0 aromatic carbocycles. The van der Waals surface area contributed by atoms with E-state index < -0.39 is 5.82 Å². The summed E-state index contributed by atoms with van der Waals surface area (Å²) in [6.45, 7) is 5.30. The van der Waals surface area contributed by atoms with Crippen molar-refractivity contribution >= 4 is 23.1 Å². The molecule has 0 amide bonds. The fraction of sp³-hybridized carbons (Fsp3) is 0.615. The minimum atomic E-state index is -0.416. The van der Waals surface area contributed by atoms with Gasteiger partial charge < -0.3 is 25.4 Å². The van der Waals surface area contributed by atoms with E-state index in [0.717, 1.165) is 64.0 Å². The fourth-order valence-electron chi connectivity index (χ4n) is 4.98. The molecule has 1 atom stereocenters. The van der Waals surface area contributed by atoms with Gasteiger partial charge in [0.25, 0.3) is 0 Å². The Balaban J connectivity index is 1.38. The third-order valence-electron chi connectivity index (χ3n) is 6.94. The molecule has 0 spiro atoms. The van der Waals surface area contributed by atoms with Crippen LogP contribution >= 0.6 is 11.6 Å². The number of pyridine rings is 2. The van der Waals surface area contributed by atoms with Gasteiger partial charge in [0.05, 0.1) is 24.7 Å². The smallest absolute Gasteiger partial charge is 0.149 e. The summed E-state index contributed by atoms with van der Waals surface area (Å²) in [6, 6.07) is 4.76. The minimum absolute atomic E-state index is 0.273. The Labute approximate surface area is 212 Å². The maximum atomic E-state index is 14.8. The quantitative estimate of drug-likeness (QED) is 0.386. The lowest BCUT2D eigenvalue weighted by Crippen LogP contribution is -2.42. The van der Waals surface area contributed by atoms with Crippen LogP contribution in [-0.4, -0.2) is 61.6 Å². The van der Waals surface area contributed by atoms with Gasteiger partial charge in [0.1, 0.15) is 16.8 Å². The minimum Gasteiger partial charge on any atom is -0.384 e. The van der Waals surface area contributed by atoms with Gasteiger partial charge in [-0.3, -0.25) is 0 Å². The summed E-state index contributed by atoms with van der Waals surface area (Å²) in [6.07, 6.45) is 9.25. The zero-order valence-corrected chi connectivity index (χ0v) is 21.4. The number of methoxy groups -OCH3 is 1. The van der Waals surface area contributed by atoms with Gasteiger partial charge in [0.2, 0.25) is 0 Å². The highest BCUT2D eigenvalue weighted by Gasteiger charge is 2.23. The van der Waals surface area contributed by atoms with Gasteiger partial charge in [-0.15, -0.1) is 0 Å². The first-order chi connectivity index (χ1) is 17.0. The van der Waals surface area contributed by atoms with Crippen LogP contribution in [-0.2, 0) is 9.47 Å². The van der Waals surface area contributed by atoms with Crippen LogP contribution in [0.4, 0.5) is 15.9 Å². The molecule has 192 valence electrons. The van der Waals surface area contributed by atoms with E-state index in [1.807, 2.05) is 6.07 Å². The maximum Gasteiger partial charge on any atom is 0.149 e. The third kappa shape index (κ3) is 7.49. The Hall–Kier alpha value is -2.00. The average Bonchev–Trinajstić information content (AvgIpc) is 2.87. The third-order valence-corrected chi connectivity index (χ3v) is 7.24. The highest BCUT2D eigenvalue weighted by Crippen LogP contribution is 2.33. The number of hydrogen-bond donors (Lipinski definition) is 3. The zero-order chi connectivity index (χ0) is 24.6. The number of ether oxygens (including phenoxy) is 2. The van der Waals surface area contributed by atoms with Gasteiger partial charge in [-0.05, 0) is 63.5 Å². The lowest BCUT2D eigenvalue weighted by Gasteiger charge is -2.31. The van der Waals surface area contributed by atoms with Crippen molar-refractivity contribution in [2.75, 3.05) is 44.1 Å². The van der Waals surface area contributed by atoms with Gasteiger partial charge in [0, 0.05) is 56.1 Å². The summed E-state index contributed by atoms with van der Waals surface area (Å²) >= 11 is 6.40. The van der Waals surface area contributed by atoms with E-state index in [2.05, 4.69) is 32.8 Å². The molecule has 3 N–H and O–H groups in total. The second-order valence-electron chi connectivity index (χ2n) is 9.76. The van der Waals surface area contributed by atoms with Crippen molar-refractivity contribution in [2.24, 2.45) is 5.92 Å². The first-order valence-electron chi connectivity index (χ1n) is 12.7. The normalized spacial score (nSPS) is 22.1. The second-order valence-corrected chi connectivity index (χ2v) is 10.1. The molecule has 3 heterocycles. The first kappa shape index (κ1) is 26.1. The molecule has 0 bridgehead atoms. The Morgan fingerprint density at radius 2 is 1.80 bits per heavy atom. The second kappa shape index (κ2) is 12.8. The van der Waals surface area contributed by atoms with Gasteiger partial charge >= 0.3 is 0 Å². The van der Waals surface area contributed by atoms with E-state index in [4.69, 9.17) is 21.1 Å². The van der Waals surface area contributed by atoms with Gasteiger partial charge in [-0.25, -0.2) is 14.4 Å². The summed E-state index contributed by atoms with van der Waals surface area (Å²) in [4.78, 5) is 8.60. The lowest BCUT2D eigenvalue weighted by molar-refractivity contribution is 0.0699. The molecular formula is C26H37ClFN5O2. The van der Waals surface area contributed by atoms with Crippen LogP contribution in [0.2, 0.25) is 5.15 Å². The molecule has 7 nitrogen and oxygen atoms in total. The number of rotatable bonds is 10. The van der Waals surface area contributed by atoms with Crippen LogP contribution in [0.5, 0.6) is 0 Å². The van der Waals surface area contributed by atoms with Crippen LogP contribution in [0.1, 0.15) is 45.4 Å². The van der Waals surface area contributed by atoms with Crippen molar-refractivity contribution in [3.8, 4) is 11.1 Å². The first-order valence-corrected chi connectivity index (χ1v) is 13.0. The Morgan fingerprint density at radius 3 is 2.54 bits per heavy atom. The molecule has 2 aromatic rings. The van der Waals surface area contributed by atoms with Crippen molar-refractivity contribution < 1.29 is 13.9 Å². The largest absolute Gasteiger partial charge is 0.384 e. The molecule has 0 radical (unpaired) electrons. The topological polar surface area (TPSA) is 80.3 Å². The summed E-state index contributed by atoms with van der Waals surface area (Å²) in [5.41, 5.74) is 1.79. The average molecular weight is 506 g/mol. The van der Waals surface area contributed by atoms with E-state index in [9.17, 15) is 4.39 Å². The number of nitrogens with zero attached hydrogens (tertiary/aromatic N) is 2. The zero-order valence-electron chi connectivity index (χ0n) is 20.7. The molecule has 9 heteroatoms. The van der Waals surface area contributed by atoms with Crippen LogP contribution in [0, 0.1) is 11.7 Å². The van der Waals surface area contributed by atoms with Crippen molar-refractivity contribution in [1.29, 1.82) is 0 Å². The molecule has 1 aliphatic carbocycles. The SMILES string of the molecule is COC[C@H](C)N[C@H]1CC[C@H](Nc2cc(-c3cc(NCC4CCOCC4)cnc3Cl)c(F)cn2)CC1. The molecule has 4 rings (SSSR count). The summed E-state index contributed by atoms with van der Waals surface area (Å²) < 4.78 is 25.5. The predicted molar refractivity (Wildman–Crippen MR) is 139 cm³/mol. The Bertz CT molecular complexity index is 951. The predicted octanol–water partition coefficient (Wildman–Crippen LogP) is 5.12. The Morgan fingerprint density at radius 1 is 1.06 bits per heavy atom. The fourth-order valence-corrected chi connectivity index (χ4v) is 5.19. The van der Waals surface area contributed by atoms with Gasteiger partial charge in [-0.2, -0.15) is 0 Å². The molecule has 2 aliphatic rings. The van der Waals surface area contributed by atoms with Crippen LogP contribution in [0.3, 0.4) is 0 Å². The van der Waals surface area contributed by atoms with E-state index in [1.165, 1.54) is 6.20 Å². The Kier molecular flexibility index (Phi) is 9.54. The van der Waals surface area contributed by atoms with E-state index in [-0.39, 0.29) is 5.15 Å². The molecule has 1 saturated heterocycles. The van der Waals surface area contributed by atoms with Crippen molar-refractivity contribution in [1.82, 2.24) is 15.3 Å². The van der Waals surface area contributed by atoms with Crippen LogP contribution < -0.4 is 16.0 Å². The molecule has 2 fully saturated rings. The summed E-state index contributed by atoms with van der Waals surface area (Å²) in [7, 11) is 1.73. The standard InChI is InChI=1S/C26H37ClFN5O2/c1-17(16-34-2)32-19-3-5-20(6-4-19)33-25-12-22(24(28)15-30-25)23-11-21(14-31-26(23)27)29-13-18-7-9-35-10-8-18/h11-12,14-15,17-20,29,32H,3-10,13,16H2,1-2H3,(H,30,33)/t17-,19-,20-/m0/s1. The summed E-state index contributed by atoms with van der Waals surface area (Å²) in [5.74, 6) is 0.799. The number of hydrogen-bond acceptors (Lipinski definition) is 7. The highest BCUT2D eigenvalue weighted by atomic mass is 35.5. The van der Waals surface area contributed by atoms with Crippen molar-refractivity contribution in [3.05, 3.63) is 35.5 Å². The highest BCUT2D eigenvalue weighted by molar-refractivity contribution is 6.32. The molecule has 0 unspecified atom stereocenters. The van der Waals surface area contributed by atoms with Gasteiger partial charge in [-0.1, -0.05) is 11.6 Å². The van der Waals surface area contributed by atoms with Crippen molar-refractivity contribution in [3.63, 3.8) is 0 Å². The van der Waals surface area contributed by atoms with Crippen LogP contribution in [0.25, 0.3) is 11.1 Å². The number of halogens is 2. The van der Waals surface area contributed by atoms with E-state index in [1.54, 1.807) is 19.4 Å². The maximum absolute atomic E-state index is 14.8. The summed E-state index contributed by atoms with van der Waals surface area (Å²) in [5, 5.41) is 10.8. The van der Waals surface area contributed by atoms with E-state index >= 15 is 0 Å². The molecular weight excluding hydrogens is 469 g/mol. The van der Waals surface area contributed by atoms with E-state index in [0.29, 0.717) is 47.6 Å². The molecule has 1 aliphatic heterocycles. The monoisotopic (exact) mass is 505 g/mol. The lowest BCUT2D eigenvalue weighted by atomic mass is 9.90. The number of aromatic nitrogens is 2. The number of nitrogens with one attached hydrogen (secondary N) is 3. The molecule has 35 heavy (non-hydrogen) atoms. The molecule has 2 aromatic heterocycles. The van der Waals surface area contributed by atoms with Crippen molar-refractivity contribution in [2.45, 2.75) is 63.6 Å². The number of anilines is 2. The van der Waals surface area contributed by atoms with Gasteiger partial charge in [0.15, 0.2) is 0 Å². The van der Waals surface area contributed by atoms with Crippen LogP contribution in [0.15, 0.2) is 24.5 Å².